The third kappa shape index (κ3) is 5.24. The first-order chi connectivity index (χ1) is 20.6. The molecule has 4 aromatic rings. The Hall–Kier alpha value is -4.31. The second kappa shape index (κ2) is 11.1. The summed E-state index contributed by atoms with van der Waals surface area (Å²) in [7, 11) is 1.38. The number of aliphatic hydroxyl groups is 1. The summed E-state index contributed by atoms with van der Waals surface area (Å²) in [5.74, 6) is 1.14. The number of rotatable bonds is 8. The van der Waals surface area contributed by atoms with E-state index in [1.165, 1.54) is 18.0 Å². The average Bonchev–Trinajstić information content (AvgIpc) is 3.74. The van der Waals surface area contributed by atoms with Crippen molar-refractivity contribution in [3.8, 4) is 34.0 Å². The Morgan fingerprint density at radius 1 is 1.16 bits per heavy atom. The molecule has 6 rings (SSSR count). The van der Waals surface area contributed by atoms with E-state index in [2.05, 4.69) is 15.4 Å². The van der Waals surface area contributed by atoms with Gasteiger partial charge in [-0.1, -0.05) is 12.1 Å². The van der Waals surface area contributed by atoms with E-state index in [0.29, 0.717) is 42.3 Å². The summed E-state index contributed by atoms with van der Waals surface area (Å²) in [6.07, 6.45) is 1.15. The van der Waals surface area contributed by atoms with E-state index in [1.807, 2.05) is 64.1 Å². The SMILES string of the molecule is COC(=O)C[C@@H]1COc2cc(O[C@@H]3CCc4c(-c5c(C)cc(-c6nnn(C(C)(C)CO)n6)cc5C)ccc(F)c43)ccc21. The number of carbonyl (C=O) groups excluding carboxylic acids is 1. The van der Waals surface area contributed by atoms with Crippen LogP contribution in [-0.4, -0.2) is 51.6 Å². The molecule has 0 amide bonds. The number of carbonyl (C=O) groups is 1. The highest BCUT2D eigenvalue weighted by atomic mass is 19.1. The molecule has 1 aliphatic heterocycles. The third-order valence-electron chi connectivity index (χ3n) is 8.47. The maximum atomic E-state index is 15.4. The Kier molecular flexibility index (Phi) is 7.41. The summed E-state index contributed by atoms with van der Waals surface area (Å²) in [6.45, 7) is 8.04. The quantitative estimate of drug-likeness (QED) is 0.266. The van der Waals surface area contributed by atoms with Gasteiger partial charge >= 0.3 is 5.97 Å². The molecule has 2 aliphatic rings. The second-order valence-corrected chi connectivity index (χ2v) is 12.0. The predicted molar refractivity (Wildman–Crippen MR) is 158 cm³/mol. The molecule has 0 saturated carbocycles. The number of hydrogen-bond donors (Lipinski definition) is 1. The standard InChI is InChI=1S/C33H35FN4O5/c1-18-12-20(32-35-37-38(36-32)33(3,4)17-39)13-19(2)30(18)24-8-10-26(34)31-25(24)9-11-27(31)43-22-6-7-23-21(14-29(40)41-5)16-42-28(23)15-22/h6-8,10,12-13,15,21,27,39H,9,11,14,16-17H2,1-5H3/t21-,27-/m1/s1. The van der Waals surface area contributed by atoms with Gasteiger partial charge in [0.15, 0.2) is 0 Å². The van der Waals surface area contributed by atoms with Crippen LogP contribution in [0.3, 0.4) is 0 Å². The Labute approximate surface area is 249 Å². The van der Waals surface area contributed by atoms with Crippen LogP contribution in [0, 0.1) is 19.7 Å². The zero-order chi connectivity index (χ0) is 30.5. The van der Waals surface area contributed by atoms with Crippen molar-refractivity contribution in [1.29, 1.82) is 0 Å². The van der Waals surface area contributed by atoms with E-state index in [-0.39, 0.29) is 30.7 Å². The minimum absolute atomic E-state index is 0.0586. The fourth-order valence-corrected chi connectivity index (χ4v) is 6.14. The number of benzene rings is 3. The van der Waals surface area contributed by atoms with Crippen molar-refractivity contribution in [2.24, 2.45) is 0 Å². The van der Waals surface area contributed by atoms with Crippen LogP contribution < -0.4 is 9.47 Å². The number of halogens is 1. The first-order valence-electron chi connectivity index (χ1n) is 14.4. The fraction of sp³-hybridized carbons (Fsp3) is 0.394. The van der Waals surface area contributed by atoms with Gasteiger partial charge in [-0.2, -0.15) is 4.80 Å². The minimum atomic E-state index is -0.664. The van der Waals surface area contributed by atoms with Crippen LogP contribution in [-0.2, 0) is 21.5 Å². The number of hydrogen-bond acceptors (Lipinski definition) is 8. The van der Waals surface area contributed by atoms with Crippen LogP contribution in [0.1, 0.15) is 66.5 Å². The highest BCUT2D eigenvalue weighted by Gasteiger charge is 2.32. The van der Waals surface area contributed by atoms with Crippen molar-refractivity contribution in [3.05, 3.63) is 76.1 Å². The lowest BCUT2D eigenvalue weighted by Crippen LogP contribution is -2.32. The predicted octanol–water partition coefficient (Wildman–Crippen LogP) is 5.60. The molecular weight excluding hydrogens is 551 g/mol. The van der Waals surface area contributed by atoms with Crippen molar-refractivity contribution >= 4 is 5.97 Å². The maximum absolute atomic E-state index is 15.4. The van der Waals surface area contributed by atoms with Crippen molar-refractivity contribution in [3.63, 3.8) is 0 Å². The molecule has 2 heterocycles. The fourth-order valence-electron chi connectivity index (χ4n) is 6.14. The van der Waals surface area contributed by atoms with Gasteiger partial charge in [-0.3, -0.25) is 4.79 Å². The molecule has 0 bridgehead atoms. The van der Waals surface area contributed by atoms with Gasteiger partial charge in [0.1, 0.15) is 29.0 Å². The summed E-state index contributed by atoms with van der Waals surface area (Å²) < 4.78 is 32.4. The summed E-state index contributed by atoms with van der Waals surface area (Å²) in [6, 6.07) is 13.0. The summed E-state index contributed by atoms with van der Waals surface area (Å²) in [5, 5.41) is 22.5. The molecule has 1 aliphatic carbocycles. The number of esters is 1. The molecule has 43 heavy (non-hydrogen) atoms. The minimum Gasteiger partial charge on any atom is -0.492 e. The van der Waals surface area contributed by atoms with E-state index in [1.54, 1.807) is 0 Å². The lowest BCUT2D eigenvalue weighted by molar-refractivity contribution is -0.141. The lowest BCUT2D eigenvalue weighted by Gasteiger charge is -2.19. The lowest BCUT2D eigenvalue weighted by atomic mass is 9.89. The van der Waals surface area contributed by atoms with E-state index >= 15 is 4.39 Å². The van der Waals surface area contributed by atoms with Crippen molar-refractivity contribution < 1.29 is 28.5 Å². The Balaban J connectivity index is 1.28. The molecule has 0 spiro atoms. The van der Waals surface area contributed by atoms with Crippen molar-refractivity contribution in [2.75, 3.05) is 20.3 Å². The topological polar surface area (TPSA) is 109 Å². The molecule has 3 aromatic carbocycles. The molecule has 0 radical (unpaired) electrons. The average molecular weight is 587 g/mol. The van der Waals surface area contributed by atoms with E-state index in [0.717, 1.165) is 38.9 Å². The smallest absolute Gasteiger partial charge is 0.306 e. The highest BCUT2D eigenvalue weighted by molar-refractivity contribution is 5.78. The number of aliphatic hydroxyl groups excluding tert-OH is 1. The van der Waals surface area contributed by atoms with E-state index in [4.69, 9.17) is 14.2 Å². The molecule has 2 atom stereocenters. The molecule has 10 heteroatoms. The zero-order valence-corrected chi connectivity index (χ0v) is 25.0. The largest absolute Gasteiger partial charge is 0.492 e. The Morgan fingerprint density at radius 3 is 2.65 bits per heavy atom. The van der Waals surface area contributed by atoms with Gasteiger partial charge < -0.3 is 19.3 Å². The number of tetrazole rings is 1. The first kappa shape index (κ1) is 28.8. The van der Waals surface area contributed by atoms with Gasteiger partial charge in [-0.05, 0) is 97.8 Å². The van der Waals surface area contributed by atoms with Crippen LogP contribution in [0.4, 0.5) is 4.39 Å². The first-order valence-corrected chi connectivity index (χ1v) is 14.4. The molecule has 1 N–H and O–H groups in total. The molecule has 0 unspecified atom stereocenters. The van der Waals surface area contributed by atoms with Crippen LogP contribution in [0.2, 0.25) is 0 Å². The summed E-state index contributed by atoms with van der Waals surface area (Å²) >= 11 is 0. The van der Waals surface area contributed by atoms with E-state index in [9.17, 15) is 9.90 Å². The molecule has 0 fully saturated rings. The third-order valence-corrected chi connectivity index (χ3v) is 8.47. The van der Waals surface area contributed by atoms with Crippen LogP contribution in [0.15, 0.2) is 42.5 Å². The van der Waals surface area contributed by atoms with E-state index < -0.39 is 11.6 Å². The molecule has 1 aromatic heterocycles. The van der Waals surface area contributed by atoms with Crippen LogP contribution >= 0.6 is 0 Å². The van der Waals surface area contributed by atoms with Crippen LogP contribution in [0.25, 0.3) is 22.5 Å². The summed E-state index contributed by atoms with van der Waals surface area (Å²) in [4.78, 5) is 13.2. The second-order valence-electron chi connectivity index (χ2n) is 12.0. The van der Waals surface area contributed by atoms with Crippen molar-refractivity contribution in [2.45, 2.75) is 64.5 Å². The molecule has 0 saturated heterocycles. The van der Waals surface area contributed by atoms with Gasteiger partial charge in [0.2, 0.25) is 5.82 Å². The van der Waals surface area contributed by atoms with Gasteiger partial charge in [-0.25, -0.2) is 4.39 Å². The zero-order valence-electron chi connectivity index (χ0n) is 25.0. The number of nitrogens with zero attached hydrogens (tertiary/aromatic N) is 4. The van der Waals surface area contributed by atoms with Crippen LogP contribution in [0.5, 0.6) is 11.5 Å². The number of aryl methyl sites for hydroxylation is 2. The van der Waals surface area contributed by atoms with Gasteiger partial charge in [-0.15, -0.1) is 10.2 Å². The van der Waals surface area contributed by atoms with Crippen molar-refractivity contribution in [1.82, 2.24) is 20.2 Å². The number of fused-ring (bicyclic) bond motifs is 2. The molecule has 224 valence electrons. The number of ether oxygens (including phenoxy) is 3. The molecular formula is C33H35FN4O5. The normalized spacial score (nSPS) is 17.4. The van der Waals surface area contributed by atoms with Gasteiger partial charge in [0.25, 0.3) is 0 Å². The monoisotopic (exact) mass is 586 g/mol. The molecule has 9 nitrogen and oxygen atoms in total. The maximum Gasteiger partial charge on any atom is 0.306 e. The number of aromatic nitrogens is 4. The Bertz CT molecular complexity index is 1690. The van der Waals surface area contributed by atoms with Gasteiger partial charge in [0, 0.05) is 28.7 Å². The number of methoxy groups -OCH3 is 1. The Morgan fingerprint density at radius 2 is 1.93 bits per heavy atom. The van der Waals surface area contributed by atoms with Gasteiger partial charge in [0.05, 0.1) is 26.7 Å². The highest BCUT2D eigenvalue weighted by Crippen LogP contribution is 2.45. The summed E-state index contributed by atoms with van der Waals surface area (Å²) in [5.41, 5.74) is 6.72.